The lowest BCUT2D eigenvalue weighted by Gasteiger charge is -2.58. The van der Waals surface area contributed by atoms with Gasteiger partial charge in [-0.2, -0.15) is 0 Å². The van der Waals surface area contributed by atoms with Gasteiger partial charge in [0.2, 0.25) is 0 Å². The number of rotatable bonds is 11. The summed E-state index contributed by atoms with van der Waals surface area (Å²) in [6, 6.07) is 0. The van der Waals surface area contributed by atoms with Gasteiger partial charge in [0.15, 0.2) is 5.78 Å². The van der Waals surface area contributed by atoms with Crippen LogP contribution in [-0.2, 0) is 19.1 Å². The van der Waals surface area contributed by atoms with Gasteiger partial charge in [-0.15, -0.1) is 19.7 Å². The number of carbonyl (C=O) groups is 3. The van der Waals surface area contributed by atoms with Gasteiger partial charge in [0, 0.05) is 0 Å². The first-order valence-corrected chi connectivity index (χ1v) is 10.6. The number of ether oxygens (including phenoxy) is 1. The molecule has 0 heterocycles. The minimum atomic E-state index is -1.40. The Kier molecular flexibility index (Phi) is 8.76. The van der Waals surface area contributed by atoms with E-state index in [4.69, 9.17) is 4.74 Å². The summed E-state index contributed by atoms with van der Waals surface area (Å²) < 4.78 is 5.15. The molecule has 1 aliphatic carbocycles. The number of methoxy groups -OCH3 is 1. The van der Waals surface area contributed by atoms with E-state index in [1.54, 1.807) is 6.08 Å². The molecule has 1 aliphatic rings. The maximum absolute atomic E-state index is 14.3. The number of esters is 1. The molecular weight excluding hydrogens is 376 g/mol. The summed E-state index contributed by atoms with van der Waals surface area (Å²) in [5.74, 6) is -1.22. The molecule has 0 saturated heterocycles. The first-order valence-electron chi connectivity index (χ1n) is 10.6. The molecular formula is C26H38O4. The SMILES string of the molecule is C=CCC[C@@]1(C)[C@@H](CC=C)C[C@@](CC=C(C)C)(C(=O)OC)C(=O)[C@@]1(CC=C)C(C)=O. The van der Waals surface area contributed by atoms with Crippen LogP contribution in [0.5, 0.6) is 0 Å². The highest BCUT2D eigenvalue weighted by atomic mass is 16.5. The number of hydrogen-bond donors (Lipinski definition) is 0. The zero-order valence-electron chi connectivity index (χ0n) is 19.4. The number of ketones is 2. The monoisotopic (exact) mass is 414 g/mol. The third-order valence-electron chi connectivity index (χ3n) is 7.10. The highest BCUT2D eigenvalue weighted by Crippen LogP contribution is 2.63. The fraction of sp³-hybridized carbons (Fsp3) is 0.577. The molecule has 0 N–H and O–H groups in total. The zero-order valence-corrected chi connectivity index (χ0v) is 19.4. The predicted octanol–water partition coefficient (Wildman–Crippen LogP) is 5.79. The van der Waals surface area contributed by atoms with Crippen LogP contribution in [0, 0.1) is 22.2 Å². The van der Waals surface area contributed by atoms with Crippen LogP contribution in [0.15, 0.2) is 49.6 Å². The van der Waals surface area contributed by atoms with Crippen molar-refractivity contribution in [1.29, 1.82) is 0 Å². The number of allylic oxidation sites excluding steroid dienone is 5. The third-order valence-corrected chi connectivity index (χ3v) is 7.10. The van der Waals surface area contributed by atoms with Crippen LogP contribution < -0.4 is 0 Å². The standard InChI is InChI=1S/C26H38O4/c1-9-12-16-24(7)21(13-10-2)18-25(23(29)30-8,17-14-19(4)5)22(28)26(24,15-11-3)20(6)27/h9-11,14,21H,1-3,12-13,15-18H2,4-8H3/t21-,24-,25+,26+/m0/s1. The molecule has 1 fully saturated rings. The summed E-state index contributed by atoms with van der Waals surface area (Å²) in [5, 5.41) is 0. The summed E-state index contributed by atoms with van der Waals surface area (Å²) in [6.07, 6.45) is 9.77. The van der Waals surface area contributed by atoms with Gasteiger partial charge in [0.25, 0.3) is 0 Å². The van der Waals surface area contributed by atoms with Crippen molar-refractivity contribution in [2.75, 3.05) is 7.11 Å². The smallest absolute Gasteiger partial charge is 0.319 e. The Hall–Kier alpha value is -2.23. The van der Waals surface area contributed by atoms with E-state index >= 15 is 0 Å². The predicted molar refractivity (Wildman–Crippen MR) is 122 cm³/mol. The minimum Gasteiger partial charge on any atom is -0.468 e. The maximum Gasteiger partial charge on any atom is 0.319 e. The number of carbonyl (C=O) groups excluding carboxylic acids is 3. The largest absolute Gasteiger partial charge is 0.468 e. The molecule has 4 nitrogen and oxygen atoms in total. The fourth-order valence-corrected chi connectivity index (χ4v) is 5.38. The lowest BCUT2D eigenvalue weighted by atomic mass is 9.42. The van der Waals surface area contributed by atoms with Gasteiger partial charge in [0.1, 0.15) is 11.2 Å². The quantitative estimate of drug-likeness (QED) is 0.244. The second-order valence-corrected chi connectivity index (χ2v) is 9.01. The van der Waals surface area contributed by atoms with Crippen LogP contribution >= 0.6 is 0 Å². The summed E-state index contributed by atoms with van der Waals surface area (Å²) in [7, 11) is 1.30. The average Bonchev–Trinajstić information content (AvgIpc) is 2.70. The van der Waals surface area contributed by atoms with Gasteiger partial charge in [-0.05, 0) is 70.6 Å². The van der Waals surface area contributed by atoms with Crippen LogP contribution in [0.4, 0.5) is 0 Å². The van der Waals surface area contributed by atoms with Crippen molar-refractivity contribution in [3.8, 4) is 0 Å². The molecule has 0 aliphatic heterocycles. The highest BCUT2D eigenvalue weighted by Gasteiger charge is 2.69. The minimum absolute atomic E-state index is 0.0961. The van der Waals surface area contributed by atoms with Gasteiger partial charge in [-0.1, -0.05) is 36.8 Å². The summed E-state index contributed by atoms with van der Waals surface area (Å²) in [4.78, 5) is 40.7. The van der Waals surface area contributed by atoms with Crippen molar-refractivity contribution in [3.63, 3.8) is 0 Å². The van der Waals surface area contributed by atoms with Crippen molar-refractivity contribution in [2.45, 2.75) is 66.2 Å². The summed E-state index contributed by atoms with van der Waals surface area (Å²) >= 11 is 0. The molecule has 0 aromatic carbocycles. The topological polar surface area (TPSA) is 60.4 Å². The first kappa shape index (κ1) is 25.8. The molecule has 0 bridgehead atoms. The van der Waals surface area contributed by atoms with Gasteiger partial charge in [0.05, 0.1) is 12.5 Å². The number of hydrogen-bond acceptors (Lipinski definition) is 4. The van der Waals surface area contributed by atoms with E-state index in [1.807, 2.05) is 39.0 Å². The molecule has 166 valence electrons. The van der Waals surface area contributed by atoms with Crippen molar-refractivity contribution in [1.82, 2.24) is 0 Å². The number of Topliss-reactive ketones (excluding diaryl/α,β-unsaturated/α-hetero) is 2. The van der Waals surface area contributed by atoms with E-state index in [2.05, 4.69) is 19.7 Å². The van der Waals surface area contributed by atoms with E-state index < -0.39 is 22.2 Å². The zero-order chi connectivity index (χ0) is 23.2. The fourth-order valence-electron chi connectivity index (χ4n) is 5.38. The van der Waals surface area contributed by atoms with Gasteiger partial charge >= 0.3 is 5.97 Å². The van der Waals surface area contributed by atoms with Crippen molar-refractivity contribution >= 4 is 17.5 Å². The maximum atomic E-state index is 14.3. The van der Waals surface area contributed by atoms with Crippen LogP contribution in [0.25, 0.3) is 0 Å². The van der Waals surface area contributed by atoms with Crippen LogP contribution in [0.3, 0.4) is 0 Å². The van der Waals surface area contributed by atoms with Crippen molar-refractivity contribution in [2.24, 2.45) is 22.2 Å². The first-order chi connectivity index (χ1) is 14.0. The molecule has 0 spiro atoms. The Bertz CT molecular complexity index is 742. The molecule has 0 unspecified atom stereocenters. The highest BCUT2D eigenvalue weighted by molar-refractivity contribution is 6.17. The molecule has 1 saturated carbocycles. The van der Waals surface area contributed by atoms with E-state index in [1.165, 1.54) is 14.0 Å². The van der Waals surface area contributed by atoms with E-state index in [-0.39, 0.29) is 30.3 Å². The normalized spacial score (nSPS) is 30.8. The van der Waals surface area contributed by atoms with Crippen LogP contribution in [-0.4, -0.2) is 24.6 Å². The summed E-state index contributed by atoms with van der Waals surface area (Å²) in [5.41, 5.74) is -2.41. The third kappa shape index (κ3) is 4.14. The molecule has 0 amide bonds. The molecule has 0 aromatic heterocycles. The van der Waals surface area contributed by atoms with Gasteiger partial charge in [-0.25, -0.2) is 0 Å². The molecule has 0 aromatic rings. The van der Waals surface area contributed by atoms with Gasteiger partial charge < -0.3 is 4.74 Å². The van der Waals surface area contributed by atoms with Crippen molar-refractivity contribution in [3.05, 3.63) is 49.6 Å². The Morgan fingerprint density at radius 3 is 2.17 bits per heavy atom. The Labute approximate surface area is 182 Å². The molecule has 0 radical (unpaired) electrons. The molecule has 30 heavy (non-hydrogen) atoms. The Balaban J connectivity index is 3.95. The van der Waals surface area contributed by atoms with Gasteiger partial charge in [-0.3, -0.25) is 14.4 Å². The second-order valence-electron chi connectivity index (χ2n) is 9.01. The average molecular weight is 415 g/mol. The second kappa shape index (κ2) is 10.2. The molecule has 4 heteroatoms. The lowest BCUT2D eigenvalue weighted by Crippen LogP contribution is -2.65. The summed E-state index contributed by atoms with van der Waals surface area (Å²) in [6.45, 7) is 18.9. The Morgan fingerprint density at radius 1 is 1.10 bits per heavy atom. The Morgan fingerprint density at radius 2 is 1.73 bits per heavy atom. The lowest BCUT2D eigenvalue weighted by molar-refractivity contribution is -0.182. The van der Waals surface area contributed by atoms with E-state index in [9.17, 15) is 14.4 Å². The van der Waals surface area contributed by atoms with Crippen LogP contribution in [0.1, 0.15) is 66.2 Å². The molecule has 4 atom stereocenters. The van der Waals surface area contributed by atoms with Crippen LogP contribution in [0.2, 0.25) is 0 Å². The van der Waals surface area contributed by atoms with E-state index in [0.29, 0.717) is 25.7 Å². The van der Waals surface area contributed by atoms with Crippen molar-refractivity contribution < 1.29 is 19.1 Å². The van der Waals surface area contributed by atoms with E-state index in [0.717, 1.165) is 5.57 Å². The molecule has 1 rings (SSSR count).